The Kier molecular flexibility index (Phi) is 6.20. The van der Waals surface area contributed by atoms with Crippen LogP contribution >= 0.6 is 11.6 Å². The highest BCUT2D eigenvalue weighted by molar-refractivity contribution is 7.90. The number of H-pyrrole nitrogens is 1. The van der Waals surface area contributed by atoms with Crippen molar-refractivity contribution < 1.29 is 18.0 Å². The van der Waals surface area contributed by atoms with Crippen LogP contribution < -0.4 is 10.6 Å². The molecule has 3 N–H and O–H groups in total. The van der Waals surface area contributed by atoms with E-state index in [1.165, 1.54) is 30.3 Å². The molecule has 0 unspecified atom stereocenters. The van der Waals surface area contributed by atoms with Crippen molar-refractivity contribution in [3.63, 3.8) is 0 Å². The van der Waals surface area contributed by atoms with E-state index in [9.17, 15) is 18.0 Å². The van der Waals surface area contributed by atoms with Crippen LogP contribution in [0.4, 0.5) is 11.4 Å². The first-order valence-corrected chi connectivity index (χ1v) is 12.6. The van der Waals surface area contributed by atoms with E-state index in [2.05, 4.69) is 15.6 Å². The lowest BCUT2D eigenvalue weighted by atomic mass is 10.1. The number of amides is 2. The van der Waals surface area contributed by atoms with Gasteiger partial charge < -0.3 is 15.6 Å². The van der Waals surface area contributed by atoms with Crippen LogP contribution in [0.5, 0.6) is 0 Å². The van der Waals surface area contributed by atoms with Gasteiger partial charge in [0.05, 0.1) is 15.6 Å². The van der Waals surface area contributed by atoms with E-state index in [1.807, 2.05) is 26.0 Å². The van der Waals surface area contributed by atoms with Gasteiger partial charge in [0.2, 0.25) is 0 Å². The van der Waals surface area contributed by atoms with Gasteiger partial charge >= 0.3 is 0 Å². The molecule has 0 saturated carbocycles. The fourth-order valence-electron chi connectivity index (χ4n) is 3.56. The molecule has 7 nitrogen and oxygen atoms in total. The second-order valence-corrected chi connectivity index (χ2v) is 10.5. The number of rotatable bonds is 5. The highest BCUT2D eigenvalue weighted by atomic mass is 35.5. The molecule has 0 bridgehead atoms. The minimum Gasteiger partial charge on any atom is -0.358 e. The van der Waals surface area contributed by atoms with Crippen LogP contribution in [0.15, 0.2) is 65.6 Å². The number of carbonyl (C=O) groups is 2. The third kappa shape index (κ3) is 4.83. The Morgan fingerprint density at radius 2 is 1.59 bits per heavy atom. The van der Waals surface area contributed by atoms with Gasteiger partial charge in [0, 0.05) is 39.7 Å². The number of aromatic nitrogens is 1. The van der Waals surface area contributed by atoms with E-state index >= 15 is 0 Å². The van der Waals surface area contributed by atoms with Crippen molar-refractivity contribution in [2.45, 2.75) is 18.7 Å². The molecule has 4 rings (SSSR count). The molecule has 0 fully saturated rings. The van der Waals surface area contributed by atoms with Gasteiger partial charge in [-0.2, -0.15) is 0 Å². The van der Waals surface area contributed by atoms with E-state index in [1.54, 1.807) is 18.2 Å². The van der Waals surface area contributed by atoms with Crippen molar-refractivity contribution in [2.75, 3.05) is 16.9 Å². The van der Waals surface area contributed by atoms with Crippen LogP contribution in [-0.4, -0.2) is 31.5 Å². The highest BCUT2D eigenvalue weighted by Crippen LogP contribution is 2.27. The molecule has 1 aromatic heterocycles. The summed E-state index contributed by atoms with van der Waals surface area (Å²) in [5.74, 6) is -0.791. The number of carbonyl (C=O) groups excluding carboxylic acids is 2. The van der Waals surface area contributed by atoms with Gasteiger partial charge in [0.1, 0.15) is 0 Å². The van der Waals surface area contributed by atoms with Crippen LogP contribution in [-0.2, 0) is 9.84 Å². The number of aryl methyl sites for hydroxylation is 2. The van der Waals surface area contributed by atoms with E-state index in [-0.39, 0.29) is 21.4 Å². The van der Waals surface area contributed by atoms with Crippen LogP contribution in [0.1, 0.15) is 32.0 Å². The molecule has 34 heavy (non-hydrogen) atoms. The summed E-state index contributed by atoms with van der Waals surface area (Å²) in [4.78, 5) is 28.7. The Bertz CT molecular complexity index is 1560. The number of halogens is 1. The summed E-state index contributed by atoms with van der Waals surface area (Å²) >= 11 is 6.33. The molecule has 0 aliphatic heterocycles. The minimum absolute atomic E-state index is 0.0486. The summed E-state index contributed by atoms with van der Waals surface area (Å²) in [6.07, 6.45) is 1.08. The van der Waals surface area contributed by atoms with E-state index in [0.29, 0.717) is 16.9 Å². The molecule has 0 radical (unpaired) electrons. The molecule has 3 aromatic carbocycles. The van der Waals surface area contributed by atoms with Crippen LogP contribution in [0.25, 0.3) is 10.9 Å². The quantitative estimate of drug-likeness (QED) is 0.347. The first-order valence-electron chi connectivity index (χ1n) is 10.3. The van der Waals surface area contributed by atoms with Gasteiger partial charge in [-0.3, -0.25) is 9.59 Å². The molecule has 0 aliphatic carbocycles. The summed E-state index contributed by atoms with van der Waals surface area (Å²) in [7, 11) is -3.44. The van der Waals surface area contributed by atoms with Gasteiger partial charge in [-0.15, -0.1) is 0 Å². The molecule has 0 aliphatic rings. The largest absolute Gasteiger partial charge is 0.358 e. The number of sulfone groups is 1. The summed E-state index contributed by atoms with van der Waals surface area (Å²) in [5, 5.41) is 6.69. The third-order valence-electron chi connectivity index (χ3n) is 5.57. The number of aromatic amines is 1. The third-order valence-corrected chi connectivity index (χ3v) is 6.99. The number of hydrogen-bond donors (Lipinski definition) is 3. The Hall–Kier alpha value is -3.62. The predicted octanol–water partition coefficient (Wildman–Crippen LogP) is 5.35. The maximum atomic E-state index is 12.8. The van der Waals surface area contributed by atoms with E-state index in [4.69, 9.17) is 11.6 Å². The monoisotopic (exact) mass is 495 g/mol. The SMILES string of the molecule is Cc1[nH]c2ccc(C(=O)Nc3ccc(NC(=O)c4cccc(S(C)(=O)=O)c4)c(Cl)c3)cc2c1C. The second-order valence-electron chi connectivity index (χ2n) is 8.04. The fraction of sp³-hybridized carbons (Fsp3) is 0.120. The molecular weight excluding hydrogens is 474 g/mol. The van der Waals surface area contributed by atoms with Gasteiger partial charge in [0.25, 0.3) is 11.8 Å². The average molecular weight is 496 g/mol. The maximum Gasteiger partial charge on any atom is 0.255 e. The summed E-state index contributed by atoms with van der Waals surface area (Å²) in [6, 6.07) is 15.9. The number of benzene rings is 3. The predicted molar refractivity (Wildman–Crippen MR) is 135 cm³/mol. The Morgan fingerprint density at radius 1 is 0.882 bits per heavy atom. The molecule has 2 amide bonds. The van der Waals surface area contributed by atoms with Crippen molar-refractivity contribution >= 4 is 55.5 Å². The lowest BCUT2D eigenvalue weighted by Crippen LogP contribution is -2.14. The molecule has 0 spiro atoms. The average Bonchev–Trinajstić information content (AvgIpc) is 3.08. The molecule has 4 aromatic rings. The Morgan fingerprint density at radius 3 is 2.29 bits per heavy atom. The molecular formula is C25H22ClN3O4S. The minimum atomic E-state index is -3.44. The maximum absolute atomic E-state index is 12.8. The fourth-order valence-corrected chi connectivity index (χ4v) is 4.46. The van der Waals surface area contributed by atoms with Gasteiger partial charge in [-0.25, -0.2) is 8.42 Å². The zero-order valence-electron chi connectivity index (χ0n) is 18.7. The molecule has 9 heteroatoms. The van der Waals surface area contributed by atoms with E-state index in [0.717, 1.165) is 28.4 Å². The Labute approximate surface area is 202 Å². The number of fused-ring (bicyclic) bond motifs is 1. The summed E-state index contributed by atoms with van der Waals surface area (Å²) in [6.45, 7) is 3.99. The normalized spacial score (nSPS) is 11.4. The van der Waals surface area contributed by atoms with Gasteiger partial charge in [-0.05, 0) is 74.0 Å². The molecule has 1 heterocycles. The van der Waals surface area contributed by atoms with Crippen LogP contribution in [0.2, 0.25) is 5.02 Å². The topological polar surface area (TPSA) is 108 Å². The zero-order valence-corrected chi connectivity index (χ0v) is 20.3. The smallest absolute Gasteiger partial charge is 0.255 e. The van der Waals surface area contributed by atoms with Gasteiger partial charge in [0.15, 0.2) is 9.84 Å². The molecule has 0 atom stereocenters. The van der Waals surface area contributed by atoms with Crippen LogP contribution in [0, 0.1) is 13.8 Å². The standard InChI is InChI=1S/C25H22ClN3O4S/c1-14-15(2)27-22-9-7-17(12-20(14)22)24(30)28-18-8-10-23(21(26)13-18)29-25(31)16-5-4-6-19(11-16)34(3,32)33/h4-13,27H,1-3H3,(H,28,30)(H,29,31). The number of hydrogen-bond acceptors (Lipinski definition) is 4. The lowest BCUT2D eigenvalue weighted by Gasteiger charge is -2.11. The zero-order chi connectivity index (χ0) is 24.6. The first kappa shape index (κ1) is 23.5. The number of nitrogens with one attached hydrogen (secondary N) is 3. The van der Waals surface area contributed by atoms with Crippen molar-refractivity contribution in [2.24, 2.45) is 0 Å². The first-order chi connectivity index (χ1) is 16.0. The summed E-state index contributed by atoms with van der Waals surface area (Å²) in [5.41, 5.74) is 4.60. The number of anilines is 2. The molecule has 174 valence electrons. The highest BCUT2D eigenvalue weighted by Gasteiger charge is 2.15. The second kappa shape index (κ2) is 8.96. The lowest BCUT2D eigenvalue weighted by molar-refractivity contribution is 0.101. The molecule has 0 saturated heterocycles. The van der Waals surface area contributed by atoms with E-state index < -0.39 is 15.7 Å². The van der Waals surface area contributed by atoms with Crippen molar-refractivity contribution in [1.82, 2.24) is 4.98 Å². The van der Waals surface area contributed by atoms with Gasteiger partial charge in [-0.1, -0.05) is 17.7 Å². The van der Waals surface area contributed by atoms with Crippen molar-refractivity contribution in [3.8, 4) is 0 Å². The van der Waals surface area contributed by atoms with Crippen LogP contribution in [0.3, 0.4) is 0 Å². The van der Waals surface area contributed by atoms with Crippen molar-refractivity contribution in [1.29, 1.82) is 0 Å². The van der Waals surface area contributed by atoms with Crippen molar-refractivity contribution in [3.05, 3.63) is 88.1 Å². The Balaban J connectivity index is 1.49. The summed E-state index contributed by atoms with van der Waals surface area (Å²) < 4.78 is 23.5.